The van der Waals surface area contributed by atoms with E-state index in [0.29, 0.717) is 17.7 Å². The van der Waals surface area contributed by atoms with E-state index in [1.165, 1.54) is 11.3 Å². The first kappa shape index (κ1) is 17.9. The Morgan fingerprint density at radius 3 is 2.78 bits per heavy atom. The van der Waals surface area contributed by atoms with Gasteiger partial charge in [0.25, 0.3) is 0 Å². The monoisotopic (exact) mass is 338 g/mol. The van der Waals surface area contributed by atoms with Gasteiger partial charge in [0.15, 0.2) is 5.13 Å². The summed E-state index contributed by atoms with van der Waals surface area (Å²) < 4.78 is 0. The molecule has 0 saturated carbocycles. The van der Waals surface area contributed by atoms with Crippen molar-refractivity contribution < 1.29 is 9.59 Å². The van der Waals surface area contributed by atoms with E-state index in [2.05, 4.69) is 15.2 Å². The minimum atomic E-state index is -0.282. The van der Waals surface area contributed by atoms with Gasteiger partial charge in [0.2, 0.25) is 11.8 Å². The Morgan fingerprint density at radius 2 is 2.17 bits per heavy atom. The lowest BCUT2D eigenvalue weighted by molar-refractivity contribution is -0.134. The summed E-state index contributed by atoms with van der Waals surface area (Å²) in [5.41, 5.74) is 0.893. The summed E-state index contributed by atoms with van der Waals surface area (Å²) in [6, 6.07) is 0.340. The molecule has 1 saturated heterocycles. The maximum absolute atomic E-state index is 12.5. The van der Waals surface area contributed by atoms with Crippen molar-refractivity contribution >= 4 is 28.3 Å². The van der Waals surface area contributed by atoms with E-state index >= 15 is 0 Å². The van der Waals surface area contributed by atoms with Crippen LogP contribution in [-0.4, -0.2) is 60.3 Å². The third-order valence-electron chi connectivity index (χ3n) is 4.37. The van der Waals surface area contributed by atoms with Crippen molar-refractivity contribution in [2.24, 2.45) is 5.92 Å². The summed E-state index contributed by atoms with van der Waals surface area (Å²) in [5, 5.41) is 5.37. The molecular formula is C16H26N4O2S. The zero-order valence-electron chi connectivity index (χ0n) is 14.3. The Hall–Kier alpha value is -1.47. The number of aromatic nitrogens is 1. The molecule has 2 atom stereocenters. The second kappa shape index (κ2) is 7.88. The number of hydrogen-bond donors (Lipinski definition) is 1. The van der Waals surface area contributed by atoms with E-state index in [9.17, 15) is 9.59 Å². The molecule has 1 aromatic rings. The van der Waals surface area contributed by atoms with Crippen LogP contribution < -0.4 is 5.32 Å². The summed E-state index contributed by atoms with van der Waals surface area (Å²) in [4.78, 5) is 33.0. The molecule has 0 aliphatic carbocycles. The van der Waals surface area contributed by atoms with Gasteiger partial charge >= 0.3 is 0 Å². The normalized spacial score (nSPS) is 23.3. The number of likely N-dealkylation sites (N-methyl/N-ethyl adjacent to an activating group) is 2. The number of rotatable bonds is 3. The van der Waals surface area contributed by atoms with Gasteiger partial charge < -0.3 is 15.1 Å². The number of aryl methyl sites for hydroxylation is 1. The van der Waals surface area contributed by atoms with Gasteiger partial charge in [-0.05, 0) is 33.9 Å². The molecule has 128 valence electrons. The van der Waals surface area contributed by atoms with Gasteiger partial charge in [0, 0.05) is 37.4 Å². The van der Waals surface area contributed by atoms with E-state index in [-0.39, 0.29) is 24.2 Å². The van der Waals surface area contributed by atoms with Crippen molar-refractivity contribution in [3.63, 3.8) is 0 Å². The first-order valence-electron chi connectivity index (χ1n) is 8.00. The van der Waals surface area contributed by atoms with Crippen LogP contribution in [0.15, 0.2) is 5.38 Å². The van der Waals surface area contributed by atoms with Crippen LogP contribution in [0.5, 0.6) is 0 Å². The molecule has 0 spiro atoms. The van der Waals surface area contributed by atoms with Crippen LogP contribution in [0.3, 0.4) is 0 Å². The third kappa shape index (κ3) is 5.00. The molecular weight excluding hydrogens is 312 g/mol. The predicted molar refractivity (Wildman–Crippen MR) is 92.6 cm³/mol. The number of nitrogens with one attached hydrogen (secondary N) is 1. The summed E-state index contributed by atoms with van der Waals surface area (Å²) in [5.74, 6) is -0.339. The molecule has 2 unspecified atom stereocenters. The fourth-order valence-corrected chi connectivity index (χ4v) is 3.53. The number of carbonyl (C=O) groups excluding carboxylic acids is 2. The van der Waals surface area contributed by atoms with Crippen molar-refractivity contribution in [3.8, 4) is 0 Å². The van der Waals surface area contributed by atoms with E-state index in [1.54, 1.807) is 4.90 Å². The van der Waals surface area contributed by atoms with E-state index in [1.807, 2.05) is 33.4 Å². The van der Waals surface area contributed by atoms with Crippen LogP contribution in [-0.2, 0) is 9.59 Å². The Bertz CT molecular complexity index is 558. The van der Waals surface area contributed by atoms with Crippen molar-refractivity contribution in [2.45, 2.75) is 38.6 Å². The minimum Gasteiger partial charge on any atom is -0.344 e. The average molecular weight is 338 g/mol. The van der Waals surface area contributed by atoms with Crippen molar-refractivity contribution in [1.82, 2.24) is 14.8 Å². The van der Waals surface area contributed by atoms with Gasteiger partial charge in [-0.15, -0.1) is 11.3 Å². The molecule has 1 N–H and O–H groups in total. The molecule has 1 aromatic heterocycles. The molecule has 2 heterocycles. The Balaban J connectivity index is 2.03. The Kier molecular flexibility index (Phi) is 6.12. The largest absolute Gasteiger partial charge is 0.344 e. The molecule has 23 heavy (non-hydrogen) atoms. The second-order valence-corrected chi connectivity index (χ2v) is 7.37. The van der Waals surface area contributed by atoms with E-state index in [0.717, 1.165) is 25.0 Å². The lowest BCUT2D eigenvalue weighted by Gasteiger charge is -2.28. The molecule has 0 bridgehead atoms. The smallest absolute Gasteiger partial charge is 0.229 e. The van der Waals surface area contributed by atoms with Gasteiger partial charge in [-0.3, -0.25) is 9.59 Å². The van der Waals surface area contributed by atoms with Crippen LogP contribution in [0.25, 0.3) is 0 Å². The average Bonchev–Trinajstić information content (AvgIpc) is 2.90. The lowest BCUT2D eigenvalue weighted by Crippen LogP contribution is -2.41. The van der Waals surface area contributed by atoms with Crippen LogP contribution in [0.2, 0.25) is 0 Å². The Labute approximate surface area is 141 Å². The topological polar surface area (TPSA) is 65.5 Å². The third-order valence-corrected chi connectivity index (χ3v) is 5.25. The van der Waals surface area contributed by atoms with Gasteiger partial charge in [-0.2, -0.15) is 0 Å². The number of anilines is 1. The van der Waals surface area contributed by atoms with Crippen molar-refractivity contribution in [3.05, 3.63) is 11.1 Å². The zero-order chi connectivity index (χ0) is 17.0. The molecule has 1 aliphatic heterocycles. The maximum Gasteiger partial charge on any atom is 0.229 e. The van der Waals surface area contributed by atoms with Crippen molar-refractivity contribution in [2.75, 3.05) is 33.0 Å². The first-order chi connectivity index (χ1) is 10.9. The molecule has 2 amide bonds. The quantitative estimate of drug-likeness (QED) is 0.915. The highest BCUT2D eigenvalue weighted by atomic mass is 32.1. The van der Waals surface area contributed by atoms with Crippen LogP contribution in [0, 0.1) is 12.8 Å². The highest BCUT2D eigenvalue weighted by Gasteiger charge is 2.28. The number of carbonyl (C=O) groups is 2. The van der Waals surface area contributed by atoms with Gasteiger partial charge in [-0.1, -0.05) is 6.42 Å². The van der Waals surface area contributed by atoms with Crippen LogP contribution in [0.1, 0.15) is 31.4 Å². The lowest BCUT2D eigenvalue weighted by atomic mass is 9.96. The summed E-state index contributed by atoms with van der Waals surface area (Å²) in [6.07, 6.45) is 2.94. The van der Waals surface area contributed by atoms with Gasteiger partial charge in [0.1, 0.15) is 0 Å². The molecule has 1 fully saturated rings. The summed E-state index contributed by atoms with van der Waals surface area (Å²) >= 11 is 1.42. The van der Waals surface area contributed by atoms with Crippen LogP contribution >= 0.6 is 11.3 Å². The molecule has 6 nitrogen and oxygen atoms in total. The number of thiazole rings is 1. The molecule has 0 radical (unpaired) electrons. The molecule has 7 heteroatoms. The van der Waals surface area contributed by atoms with Crippen LogP contribution in [0.4, 0.5) is 5.13 Å². The number of hydrogen-bond acceptors (Lipinski definition) is 5. The fourth-order valence-electron chi connectivity index (χ4n) is 2.84. The standard InChI is InChI=1S/C16H26N4O2S/c1-11-10-23-16(17-11)18-15(22)12-6-5-7-13(19(2)3)9-20(4)14(21)8-12/h10,12-13H,5-9H2,1-4H3,(H,17,18,22). The summed E-state index contributed by atoms with van der Waals surface area (Å²) in [7, 11) is 5.90. The maximum atomic E-state index is 12.5. The fraction of sp³-hybridized carbons (Fsp3) is 0.688. The summed E-state index contributed by atoms with van der Waals surface area (Å²) in [6.45, 7) is 2.61. The minimum absolute atomic E-state index is 0.0363. The van der Waals surface area contributed by atoms with E-state index in [4.69, 9.17) is 0 Å². The van der Waals surface area contributed by atoms with Crippen molar-refractivity contribution in [1.29, 1.82) is 0 Å². The second-order valence-electron chi connectivity index (χ2n) is 6.51. The highest BCUT2D eigenvalue weighted by molar-refractivity contribution is 7.13. The molecule has 0 aromatic carbocycles. The molecule has 2 rings (SSSR count). The molecule has 1 aliphatic rings. The highest BCUT2D eigenvalue weighted by Crippen LogP contribution is 2.22. The number of nitrogens with zero attached hydrogens (tertiary/aromatic N) is 3. The van der Waals surface area contributed by atoms with Gasteiger partial charge in [-0.25, -0.2) is 4.98 Å². The van der Waals surface area contributed by atoms with E-state index < -0.39 is 0 Å². The zero-order valence-corrected chi connectivity index (χ0v) is 15.2. The first-order valence-corrected chi connectivity index (χ1v) is 8.88. The predicted octanol–water partition coefficient (Wildman–Crippen LogP) is 1.97. The number of amides is 2. The van der Waals surface area contributed by atoms with Gasteiger partial charge in [0.05, 0.1) is 5.69 Å². The SMILES string of the molecule is Cc1csc(NC(=O)C2CCCC(N(C)C)CN(C)C(=O)C2)n1. The Morgan fingerprint density at radius 1 is 1.43 bits per heavy atom.